The van der Waals surface area contributed by atoms with E-state index in [1.165, 1.54) is 0 Å². The zero-order valence-electron chi connectivity index (χ0n) is 17.6. The van der Waals surface area contributed by atoms with Crippen LogP contribution in [0.2, 0.25) is 0 Å². The maximum absolute atomic E-state index is 9.79. The van der Waals surface area contributed by atoms with Crippen LogP contribution in [-0.4, -0.2) is 70.3 Å². The Morgan fingerprint density at radius 1 is 1.07 bits per heavy atom. The number of hydrogen-bond acceptors (Lipinski definition) is 8. The fourth-order valence-corrected chi connectivity index (χ4v) is 4.36. The SMILES string of the molecule is Cc1ncnc(N2CCN(Cc3nc4ccc(N5CC[C@@H](O)C5)cc4o3)CC2)c1C. The summed E-state index contributed by atoms with van der Waals surface area (Å²) in [6.45, 7) is 10.1. The standard InChI is InChI=1S/C22H28N6O2/c1-15-16(2)23-14-24-22(15)27-9-7-26(8-10-27)13-21-25-19-4-3-17(11-20(19)30-21)28-6-5-18(29)12-28/h3-4,11,14,18,29H,5-10,12-13H2,1-2H3/t18-/m1/s1. The van der Waals surface area contributed by atoms with E-state index in [-0.39, 0.29) is 6.10 Å². The highest BCUT2D eigenvalue weighted by atomic mass is 16.3. The van der Waals surface area contributed by atoms with E-state index in [9.17, 15) is 5.11 Å². The van der Waals surface area contributed by atoms with Crippen LogP contribution in [0.5, 0.6) is 0 Å². The Labute approximate surface area is 176 Å². The lowest BCUT2D eigenvalue weighted by Gasteiger charge is -2.35. The molecule has 0 unspecified atom stereocenters. The molecule has 2 aliphatic rings. The van der Waals surface area contributed by atoms with Crippen LogP contribution in [0.3, 0.4) is 0 Å². The average Bonchev–Trinajstić information content (AvgIpc) is 3.35. The smallest absolute Gasteiger partial charge is 0.209 e. The third kappa shape index (κ3) is 3.73. The highest BCUT2D eigenvalue weighted by Gasteiger charge is 2.23. The predicted octanol–water partition coefficient (Wildman–Crippen LogP) is 2.13. The maximum Gasteiger partial charge on any atom is 0.209 e. The fraction of sp³-hybridized carbons (Fsp3) is 0.500. The Hall–Kier alpha value is -2.71. The second kappa shape index (κ2) is 7.85. The Bertz CT molecular complexity index is 1040. The van der Waals surface area contributed by atoms with Gasteiger partial charge in [0.1, 0.15) is 17.7 Å². The van der Waals surface area contributed by atoms with Crippen LogP contribution in [0.4, 0.5) is 11.5 Å². The maximum atomic E-state index is 9.79. The first-order valence-corrected chi connectivity index (χ1v) is 10.6. The van der Waals surface area contributed by atoms with Gasteiger partial charge in [0, 0.05) is 62.3 Å². The molecule has 0 saturated carbocycles. The van der Waals surface area contributed by atoms with Crippen LogP contribution in [-0.2, 0) is 6.54 Å². The molecule has 30 heavy (non-hydrogen) atoms. The van der Waals surface area contributed by atoms with Crippen molar-refractivity contribution in [2.75, 3.05) is 49.1 Å². The number of fused-ring (bicyclic) bond motifs is 1. The number of aryl methyl sites for hydroxylation is 1. The number of piperazine rings is 1. The summed E-state index contributed by atoms with van der Waals surface area (Å²) in [6, 6.07) is 6.13. The number of oxazole rings is 1. The number of aliphatic hydroxyl groups excluding tert-OH is 1. The molecule has 1 atom stereocenters. The summed E-state index contributed by atoms with van der Waals surface area (Å²) >= 11 is 0. The number of benzene rings is 1. The zero-order valence-corrected chi connectivity index (χ0v) is 17.6. The van der Waals surface area contributed by atoms with Crippen molar-refractivity contribution < 1.29 is 9.52 Å². The van der Waals surface area contributed by atoms with Crippen LogP contribution in [0.1, 0.15) is 23.6 Å². The third-order valence-corrected chi connectivity index (χ3v) is 6.29. The molecule has 8 heteroatoms. The summed E-state index contributed by atoms with van der Waals surface area (Å²) in [5.41, 5.74) is 4.99. The van der Waals surface area contributed by atoms with Crippen molar-refractivity contribution in [3.63, 3.8) is 0 Å². The molecule has 1 N–H and O–H groups in total. The lowest BCUT2D eigenvalue weighted by Crippen LogP contribution is -2.46. The lowest BCUT2D eigenvalue weighted by molar-refractivity contribution is 0.198. The topological polar surface area (TPSA) is 81.8 Å². The molecule has 3 aromatic rings. The van der Waals surface area contributed by atoms with Crippen molar-refractivity contribution in [3.8, 4) is 0 Å². The number of hydrogen-bond donors (Lipinski definition) is 1. The monoisotopic (exact) mass is 408 g/mol. The molecule has 1 aromatic carbocycles. The average molecular weight is 409 g/mol. The molecule has 4 heterocycles. The summed E-state index contributed by atoms with van der Waals surface area (Å²) in [7, 11) is 0. The fourth-order valence-electron chi connectivity index (χ4n) is 4.36. The van der Waals surface area contributed by atoms with Gasteiger partial charge >= 0.3 is 0 Å². The van der Waals surface area contributed by atoms with Crippen LogP contribution in [0.15, 0.2) is 28.9 Å². The molecule has 2 saturated heterocycles. The largest absolute Gasteiger partial charge is 0.439 e. The Morgan fingerprint density at radius 2 is 1.90 bits per heavy atom. The molecule has 2 aliphatic heterocycles. The van der Waals surface area contributed by atoms with Crippen molar-refractivity contribution in [2.24, 2.45) is 0 Å². The van der Waals surface area contributed by atoms with E-state index >= 15 is 0 Å². The molecule has 158 valence electrons. The molecule has 0 aliphatic carbocycles. The normalized spacial score (nSPS) is 20.4. The van der Waals surface area contributed by atoms with Crippen molar-refractivity contribution >= 4 is 22.6 Å². The minimum Gasteiger partial charge on any atom is -0.439 e. The minimum absolute atomic E-state index is 0.236. The van der Waals surface area contributed by atoms with Gasteiger partial charge in [-0.05, 0) is 32.4 Å². The quantitative estimate of drug-likeness (QED) is 0.703. The van der Waals surface area contributed by atoms with Gasteiger partial charge in [0.05, 0.1) is 12.6 Å². The van der Waals surface area contributed by atoms with E-state index < -0.39 is 0 Å². The minimum atomic E-state index is -0.236. The van der Waals surface area contributed by atoms with E-state index in [1.807, 2.05) is 19.1 Å². The van der Waals surface area contributed by atoms with Gasteiger partial charge in [0.25, 0.3) is 0 Å². The van der Waals surface area contributed by atoms with Crippen molar-refractivity contribution in [1.82, 2.24) is 19.9 Å². The highest BCUT2D eigenvalue weighted by molar-refractivity contribution is 5.77. The molecule has 2 fully saturated rings. The van der Waals surface area contributed by atoms with Gasteiger partial charge in [-0.1, -0.05) is 0 Å². The summed E-state index contributed by atoms with van der Waals surface area (Å²) in [5, 5.41) is 9.79. The van der Waals surface area contributed by atoms with Crippen LogP contribution in [0, 0.1) is 13.8 Å². The Morgan fingerprint density at radius 3 is 2.67 bits per heavy atom. The van der Waals surface area contributed by atoms with Crippen molar-refractivity contribution in [3.05, 3.63) is 41.7 Å². The van der Waals surface area contributed by atoms with Crippen molar-refractivity contribution in [1.29, 1.82) is 0 Å². The molecule has 0 radical (unpaired) electrons. The van der Waals surface area contributed by atoms with Gasteiger partial charge in [0.15, 0.2) is 5.58 Å². The van der Waals surface area contributed by atoms with Gasteiger partial charge in [0.2, 0.25) is 5.89 Å². The number of nitrogens with zero attached hydrogens (tertiary/aromatic N) is 6. The molecule has 0 amide bonds. The van der Waals surface area contributed by atoms with E-state index in [0.717, 1.165) is 78.9 Å². The van der Waals surface area contributed by atoms with E-state index in [1.54, 1.807) is 6.33 Å². The van der Waals surface area contributed by atoms with Crippen LogP contribution < -0.4 is 9.80 Å². The molecular weight excluding hydrogens is 380 g/mol. The molecule has 0 spiro atoms. The summed E-state index contributed by atoms with van der Waals surface area (Å²) in [5.74, 6) is 1.80. The summed E-state index contributed by atoms with van der Waals surface area (Å²) in [6.07, 6.45) is 2.24. The molecular formula is C22H28N6O2. The van der Waals surface area contributed by atoms with E-state index in [2.05, 4.69) is 42.6 Å². The Kier molecular flexibility index (Phi) is 5.04. The van der Waals surface area contributed by atoms with Gasteiger partial charge in [-0.15, -0.1) is 0 Å². The second-order valence-electron chi connectivity index (χ2n) is 8.32. The second-order valence-corrected chi connectivity index (χ2v) is 8.32. The number of aromatic nitrogens is 3. The van der Waals surface area contributed by atoms with Crippen LogP contribution >= 0.6 is 0 Å². The summed E-state index contributed by atoms with van der Waals surface area (Å²) in [4.78, 5) is 20.4. The van der Waals surface area contributed by atoms with Gasteiger partial charge in [-0.25, -0.2) is 15.0 Å². The first kappa shape index (κ1) is 19.3. The van der Waals surface area contributed by atoms with E-state index in [4.69, 9.17) is 4.42 Å². The van der Waals surface area contributed by atoms with Gasteiger partial charge < -0.3 is 19.3 Å². The van der Waals surface area contributed by atoms with Gasteiger partial charge in [-0.2, -0.15) is 0 Å². The number of β-amino-alcohol motifs (C(OH)–C–C–N with tert-alkyl or cyclic N) is 1. The molecule has 8 nitrogen and oxygen atoms in total. The molecule has 5 rings (SSSR count). The van der Waals surface area contributed by atoms with Crippen LogP contribution in [0.25, 0.3) is 11.1 Å². The molecule has 0 bridgehead atoms. The summed E-state index contributed by atoms with van der Waals surface area (Å²) < 4.78 is 6.07. The number of rotatable bonds is 4. The highest BCUT2D eigenvalue weighted by Crippen LogP contribution is 2.26. The first-order chi connectivity index (χ1) is 14.6. The first-order valence-electron chi connectivity index (χ1n) is 10.6. The zero-order chi connectivity index (χ0) is 20.7. The molecule has 2 aromatic heterocycles. The number of aliphatic hydroxyl groups is 1. The van der Waals surface area contributed by atoms with E-state index in [0.29, 0.717) is 13.1 Å². The lowest BCUT2D eigenvalue weighted by atomic mass is 10.2. The third-order valence-electron chi connectivity index (χ3n) is 6.29. The van der Waals surface area contributed by atoms with Gasteiger partial charge in [-0.3, -0.25) is 4.90 Å². The van der Waals surface area contributed by atoms with Crippen molar-refractivity contribution in [2.45, 2.75) is 32.9 Å². The number of anilines is 2. The predicted molar refractivity (Wildman–Crippen MR) is 116 cm³/mol. The Balaban J connectivity index is 1.24.